The second-order valence-corrected chi connectivity index (χ2v) is 7.77. The van der Waals surface area contributed by atoms with E-state index in [0.29, 0.717) is 18.9 Å². The van der Waals surface area contributed by atoms with Crippen LogP contribution >= 0.6 is 11.8 Å². The molecular formula is C18H25N3O2S. The molecule has 1 aliphatic rings. The van der Waals surface area contributed by atoms with Gasteiger partial charge in [0.2, 0.25) is 5.91 Å². The van der Waals surface area contributed by atoms with Gasteiger partial charge in [0.25, 0.3) is 0 Å². The molecule has 1 atom stereocenters. The third kappa shape index (κ3) is 5.82. The van der Waals surface area contributed by atoms with Crippen LogP contribution in [-0.4, -0.2) is 48.4 Å². The first-order valence-corrected chi connectivity index (χ1v) is 9.16. The van der Waals surface area contributed by atoms with Crippen molar-refractivity contribution in [3.05, 3.63) is 24.3 Å². The molecule has 5 nitrogen and oxygen atoms in total. The molecule has 1 aliphatic heterocycles. The van der Waals surface area contributed by atoms with Gasteiger partial charge in [0.1, 0.15) is 0 Å². The molecule has 1 heterocycles. The average molecular weight is 347 g/mol. The van der Waals surface area contributed by atoms with Gasteiger partial charge in [-0.3, -0.25) is 9.69 Å². The summed E-state index contributed by atoms with van der Waals surface area (Å²) >= 11 is 1.60. The molecule has 1 amide bonds. The van der Waals surface area contributed by atoms with E-state index in [1.165, 1.54) is 0 Å². The molecule has 0 spiro atoms. The summed E-state index contributed by atoms with van der Waals surface area (Å²) in [6, 6.07) is 9.96. The summed E-state index contributed by atoms with van der Waals surface area (Å²) in [5.74, 6) is 0.671. The minimum absolute atomic E-state index is 0.0191. The molecule has 0 bridgehead atoms. The Kier molecular flexibility index (Phi) is 6.67. The molecule has 0 unspecified atom stereocenters. The van der Waals surface area contributed by atoms with Crippen molar-refractivity contribution in [3.63, 3.8) is 0 Å². The Morgan fingerprint density at radius 3 is 2.96 bits per heavy atom. The Morgan fingerprint density at radius 1 is 1.50 bits per heavy atom. The van der Waals surface area contributed by atoms with Gasteiger partial charge in [0.05, 0.1) is 36.4 Å². The van der Waals surface area contributed by atoms with Crippen molar-refractivity contribution in [3.8, 4) is 6.07 Å². The summed E-state index contributed by atoms with van der Waals surface area (Å²) in [6.45, 7) is 8.51. The highest BCUT2D eigenvalue weighted by molar-refractivity contribution is 7.99. The molecule has 0 aliphatic carbocycles. The van der Waals surface area contributed by atoms with Crippen molar-refractivity contribution < 1.29 is 9.53 Å². The molecule has 6 heteroatoms. The fraction of sp³-hybridized carbons (Fsp3) is 0.556. The highest BCUT2D eigenvalue weighted by Crippen LogP contribution is 2.28. The summed E-state index contributed by atoms with van der Waals surface area (Å²) in [5.41, 5.74) is 0.602. The van der Waals surface area contributed by atoms with E-state index >= 15 is 0 Å². The molecule has 0 aromatic heterocycles. The molecule has 130 valence electrons. The van der Waals surface area contributed by atoms with E-state index < -0.39 is 0 Å². The van der Waals surface area contributed by atoms with Crippen molar-refractivity contribution in [2.75, 3.05) is 37.3 Å². The Bertz CT molecular complexity index is 613. The Labute approximate surface area is 148 Å². The maximum absolute atomic E-state index is 12.4. The zero-order valence-electron chi connectivity index (χ0n) is 14.5. The van der Waals surface area contributed by atoms with E-state index in [0.717, 1.165) is 23.7 Å². The number of carbonyl (C=O) groups excluding carboxylic acids is 1. The maximum atomic E-state index is 12.4. The van der Waals surface area contributed by atoms with Gasteiger partial charge in [0, 0.05) is 23.7 Å². The minimum Gasteiger partial charge on any atom is -0.373 e. The van der Waals surface area contributed by atoms with Gasteiger partial charge >= 0.3 is 0 Å². The van der Waals surface area contributed by atoms with Crippen LogP contribution in [0.2, 0.25) is 0 Å². The highest BCUT2D eigenvalue weighted by atomic mass is 32.2. The number of hydrogen-bond acceptors (Lipinski definition) is 5. The van der Waals surface area contributed by atoms with Gasteiger partial charge < -0.3 is 10.1 Å². The number of hydrogen-bond donors (Lipinski definition) is 1. The molecule has 1 aromatic rings. The van der Waals surface area contributed by atoms with Gasteiger partial charge in [-0.2, -0.15) is 5.26 Å². The van der Waals surface area contributed by atoms with Crippen LogP contribution in [0, 0.1) is 17.2 Å². The van der Waals surface area contributed by atoms with Crippen LogP contribution in [0.15, 0.2) is 29.2 Å². The summed E-state index contributed by atoms with van der Waals surface area (Å²) in [6.07, 6.45) is 0. The maximum Gasteiger partial charge on any atom is 0.238 e. The molecule has 24 heavy (non-hydrogen) atoms. The van der Waals surface area contributed by atoms with Crippen molar-refractivity contribution in [2.45, 2.75) is 31.3 Å². The predicted octanol–water partition coefficient (Wildman–Crippen LogP) is 2.99. The first-order chi connectivity index (χ1) is 11.4. The minimum atomic E-state index is -0.209. The lowest BCUT2D eigenvalue weighted by atomic mass is 10.1. The Hall–Kier alpha value is -1.55. The van der Waals surface area contributed by atoms with E-state index in [-0.39, 0.29) is 17.4 Å². The largest absolute Gasteiger partial charge is 0.373 e. The molecule has 0 radical (unpaired) electrons. The SMILES string of the molecule is C[C@H](C#N)CSc1ccccc1NC(=O)CN1CCOC(C)(C)C1. The number of nitriles is 1. The summed E-state index contributed by atoms with van der Waals surface area (Å²) in [7, 11) is 0. The number of morpholine rings is 1. The number of carbonyl (C=O) groups is 1. The molecule has 0 saturated carbocycles. The second-order valence-electron chi connectivity index (χ2n) is 6.70. The van der Waals surface area contributed by atoms with Crippen LogP contribution in [0.25, 0.3) is 0 Å². The highest BCUT2D eigenvalue weighted by Gasteiger charge is 2.28. The lowest BCUT2D eigenvalue weighted by Crippen LogP contribution is -2.50. The molecule has 1 N–H and O–H groups in total. The summed E-state index contributed by atoms with van der Waals surface area (Å²) in [5, 5.41) is 11.9. The van der Waals surface area contributed by atoms with E-state index in [1.54, 1.807) is 11.8 Å². The van der Waals surface area contributed by atoms with E-state index in [2.05, 4.69) is 16.3 Å². The number of anilines is 1. The summed E-state index contributed by atoms with van der Waals surface area (Å²) < 4.78 is 5.68. The first kappa shape index (κ1) is 18.8. The number of benzene rings is 1. The molecule has 1 fully saturated rings. The molecular weight excluding hydrogens is 322 g/mol. The third-order valence-electron chi connectivity index (χ3n) is 3.74. The molecule has 1 aromatic carbocycles. The third-order valence-corrected chi connectivity index (χ3v) is 5.08. The van der Waals surface area contributed by atoms with Gasteiger partial charge in [-0.1, -0.05) is 12.1 Å². The van der Waals surface area contributed by atoms with Gasteiger partial charge in [-0.15, -0.1) is 11.8 Å². The lowest BCUT2D eigenvalue weighted by Gasteiger charge is -2.37. The molecule has 1 saturated heterocycles. The smallest absolute Gasteiger partial charge is 0.238 e. The normalized spacial score (nSPS) is 18.6. The van der Waals surface area contributed by atoms with Gasteiger partial charge in [-0.25, -0.2) is 0 Å². The monoisotopic (exact) mass is 347 g/mol. The summed E-state index contributed by atoms with van der Waals surface area (Å²) in [4.78, 5) is 15.5. The van der Waals surface area contributed by atoms with Crippen LogP contribution in [0.3, 0.4) is 0 Å². The number of amides is 1. The van der Waals surface area contributed by atoms with Crippen LogP contribution in [0.1, 0.15) is 20.8 Å². The zero-order chi connectivity index (χ0) is 17.6. The van der Waals surface area contributed by atoms with E-state index in [1.807, 2.05) is 45.0 Å². The number of nitrogens with zero attached hydrogens (tertiary/aromatic N) is 2. The van der Waals surface area contributed by atoms with E-state index in [9.17, 15) is 4.79 Å². The van der Waals surface area contributed by atoms with Crippen LogP contribution in [-0.2, 0) is 9.53 Å². The first-order valence-electron chi connectivity index (χ1n) is 8.17. The van der Waals surface area contributed by atoms with Crippen LogP contribution in [0.4, 0.5) is 5.69 Å². The topological polar surface area (TPSA) is 65.4 Å². The number of nitrogens with one attached hydrogen (secondary N) is 1. The van der Waals surface area contributed by atoms with E-state index in [4.69, 9.17) is 10.00 Å². The second kappa shape index (κ2) is 8.52. The fourth-order valence-corrected chi connectivity index (χ4v) is 3.54. The van der Waals surface area contributed by atoms with Crippen LogP contribution in [0.5, 0.6) is 0 Å². The fourth-order valence-electron chi connectivity index (χ4n) is 2.59. The lowest BCUT2D eigenvalue weighted by molar-refractivity contribution is -0.122. The quantitative estimate of drug-likeness (QED) is 0.802. The van der Waals surface area contributed by atoms with Gasteiger partial charge in [-0.05, 0) is 32.9 Å². The van der Waals surface area contributed by atoms with Crippen molar-refractivity contribution in [2.24, 2.45) is 5.92 Å². The van der Waals surface area contributed by atoms with Crippen molar-refractivity contribution in [1.82, 2.24) is 4.90 Å². The number of ether oxygens (including phenoxy) is 1. The van der Waals surface area contributed by atoms with Crippen molar-refractivity contribution >= 4 is 23.4 Å². The number of rotatable bonds is 6. The Balaban J connectivity index is 1.93. The molecule has 2 rings (SSSR count). The number of para-hydroxylation sites is 1. The predicted molar refractivity (Wildman–Crippen MR) is 97.0 cm³/mol. The zero-order valence-corrected chi connectivity index (χ0v) is 15.4. The van der Waals surface area contributed by atoms with Crippen molar-refractivity contribution in [1.29, 1.82) is 5.26 Å². The average Bonchev–Trinajstić information content (AvgIpc) is 2.52. The standard InChI is InChI=1S/C18H25N3O2S/c1-14(10-19)12-24-16-7-5-4-6-15(16)20-17(22)11-21-8-9-23-18(2,3)13-21/h4-7,14H,8-9,11-13H2,1-3H3,(H,20,22)/t14-/m1/s1. The van der Waals surface area contributed by atoms with Gasteiger partial charge in [0.15, 0.2) is 0 Å². The van der Waals surface area contributed by atoms with Crippen LogP contribution < -0.4 is 5.32 Å². The Morgan fingerprint density at radius 2 is 2.25 bits per heavy atom. The number of thioether (sulfide) groups is 1.